The Morgan fingerprint density at radius 2 is 1.35 bits per heavy atom. The quantitative estimate of drug-likeness (QED) is 0.537. The molecule has 0 saturated heterocycles. The number of nitrogens with zero attached hydrogens (tertiary/aromatic N) is 2. The Bertz CT molecular complexity index is 827. The second-order valence-corrected chi connectivity index (χ2v) is 9.04. The Morgan fingerprint density at radius 3 is 1.91 bits per heavy atom. The van der Waals surface area contributed by atoms with Crippen LogP contribution in [0.5, 0.6) is 0 Å². The number of amides is 1. The van der Waals surface area contributed by atoms with Crippen molar-refractivity contribution < 1.29 is 49.8 Å². The van der Waals surface area contributed by atoms with Gasteiger partial charge in [0.1, 0.15) is 6.61 Å². The number of halogens is 6. The smallest absolute Gasteiger partial charge is 0.425 e. The van der Waals surface area contributed by atoms with Crippen molar-refractivity contribution in [2.24, 2.45) is 0 Å². The van der Waals surface area contributed by atoms with Gasteiger partial charge in [-0.15, -0.1) is 36.5 Å². The van der Waals surface area contributed by atoms with Gasteiger partial charge in [-0.3, -0.25) is 14.3 Å². The van der Waals surface area contributed by atoms with E-state index in [4.69, 9.17) is 9.15 Å². The van der Waals surface area contributed by atoms with Crippen LogP contribution in [0.3, 0.4) is 0 Å². The molecular formula is C20H25F6N3O5. The van der Waals surface area contributed by atoms with Gasteiger partial charge in [0.2, 0.25) is 17.7 Å². The van der Waals surface area contributed by atoms with E-state index in [9.17, 15) is 31.1 Å². The summed E-state index contributed by atoms with van der Waals surface area (Å²) >= 11 is 0. The average molecular weight is 501 g/mol. The maximum absolute atomic E-state index is 12.2. The van der Waals surface area contributed by atoms with E-state index in [0.717, 1.165) is 0 Å². The van der Waals surface area contributed by atoms with Gasteiger partial charge in [-0.2, -0.15) is 0 Å². The number of alkyl halides is 6. The Kier molecular flexibility index (Phi) is 7.38. The van der Waals surface area contributed by atoms with Gasteiger partial charge >= 0.3 is 12.7 Å². The van der Waals surface area contributed by atoms with Gasteiger partial charge in [0.05, 0.1) is 18.3 Å². The van der Waals surface area contributed by atoms with Gasteiger partial charge in [0, 0.05) is 30.7 Å². The van der Waals surface area contributed by atoms with Gasteiger partial charge in [0.15, 0.2) is 0 Å². The first-order valence-corrected chi connectivity index (χ1v) is 11.2. The molecule has 0 unspecified atom stereocenters. The van der Waals surface area contributed by atoms with Gasteiger partial charge < -0.3 is 14.5 Å². The van der Waals surface area contributed by atoms with Crippen molar-refractivity contribution in [2.45, 2.75) is 100 Å². The molecule has 0 aliphatic heterocycles. The predicted octanol–water partition coefficient (Wildman–Crippen LogP) is 4.08. The van der Waals surface area contributed by atoms with Gasteiger partial charge in [-0.25, -0.2) is 0 Å². The van der Waals surface area contributed by atoms with Gasteiger partial charge in [-0.1, -0.05) is 0 Å². The highest BCUT2D eigenvalue weighted by Crippen LogP contribution is 2.42. The van der Waals surface area contributed by atoms with Crippen LogP contribution < -0.4 is 5.32 Å². The highest BCUT2D eigenvalue weighted by molar-refractivity contribution is 5.77. The SMILES string of the molecule is O=C(CO[C@H]1C[C@@H](OC(F)(F)F)C1)NC1CCC(c2nnc([C@H]3C[C@@H](OC(F)(F)F)C3)o2)CC1. The molecule has 0 aromatic carbocycles. The third-order valence-corrected chi connectivity index (χ3v) is 6.44. The summed E-state index contributed by atoms with van der Waals surface area (Å²) in [6.07, 6.45) is -8.27. The van der Waals surface area contributed by atoms with Crippen molar-refractivity contribution >= 4 is 5.91 Å². The number of nitrogens with one attached hydrogen (secondary N) is 1. The summed E-state index contributed by atoms with van der Waals surface area (Å²) in [7, 11) is 0. The molecule has 34 heavy (non-hydrogen) atoms. The lowest BCUT2D eigenvalue weighted by Gasteiger charge is -2.35. The van der Waals surface area contributed by atoms with Crippen molar-refractivity contribution in [3.63, 3.8) is 0 Å². The van der Waals surface area contributed by atoms with Crippen LogP contribution in [-0.2, 0) is 19.0 Å². The molecule has 8 nitrogen and oxygen atoms in total. The van der Waals surface area contributed by atoms with Crippen molar-refractivity contribution in [1.82, 2.24) is 15.5 Å². The zero-order valence-electron chi connectivity index (χ0n) is 18.0. The van der Waals surface area contributed by atoms with E-state index in [2.05, 4.69) is 25.0 Å². The molecule has 3 aliphatic rings. The molecule has 1 N–H and O–H groups in total. The number of hydrogen-bond acceptors (Lipinski definition) is 7. The van der Waals surface area contributed by atoms with E-state index in [-0.39, 0.29) is 56.1 Å². The fraction of sp³-hybridized carbons (Fsp3) is 0.850. The maximum Gasteiger partial charge on any atom is 0.522 e. The predicted molar refractivity (Wildman–Crippen MR) is 100 cm³/mol. The van der Waals surface area contributed by atoms with E-state index in [1.165, 1.54) is 0 Å². The first-order valence-electron chi connectivity index (χ1n) is 11.2. The molecule has 4 rings (SSSR count). The zero-order valence-corrected chi connectivity index (χ0v) is 18.0. The Balaban J connectivity index is 1.11. The van der Waals surface area contributed by atoms with E-state index in [1.807, 2.05) is 0 Å². The van der Waals surface area contributed by atoms with Crippen LogP contribution >= 0.6 is 0 Å². The first-order chi connectivity index (χ1) is 15.9. The largest absolute Gasteiger partial charge is 0.522 e. The zero-order chi connectivity index (χ0) is 24.5. The molecule has 3 fully saturated rings. The molecule has 1 aromatic rings. The second-order valence-electron chi connectivity index (χ2n) is 9.04. The Morgan fingerprint density at radius 1 is 0.824 bits per heavy atom. The van der Waals surface area contributed by atoms with Crippen molar-refractivity contribution in [1.29, 1.82) is 0 Å². The minimum Gasteiger partial charge on any atom is -0.425 e. The molecule has 14 heteroatoms. The maximum atomic E-state index is 12.2. The molecule has 3 saturated carbocycles. The van der Waals surface area contributed by atoms with E-state index >= 15 is 0 Å². The third-order valence-electron chi connectivity index (χ3n) is 6.44. The summed E-state index contributed by atoms with van der Waals surface area (Å²) in [6.45, 7) is -0.225. The third kappa shape index (κ3) is 7.04. The normalized spacial score (nSPS) is 32.1. The summed E-state index contributed by atoms with van der Waals surface area (Å²) in [6, 6.07) is -0.0654. The molecule has 3 aliphatic carbocycles. The second kappa shape index (κ2) is 9.97. The summed E-state index contributed by atoms with van der Waals surface area (Å²) < 4.78 is 91.9. The monoisotopic (exact) mass is 501 g/mol. The fourth-order valence-corrected chi connectivity index (χ4v) is 4.52. The van der Waals surface area contributed by atoms with Crippen LogP contribution in [0.25, 0.3) is 0 Å². The minimum atomic E-state index is -4.67. The topological polar surface area (TPSA) is 95.7 Å². The molecule has 192 valence electrons. The summed E-state index contributed by atoms with van der Waals surface area (Å²) in [5, 5.41) is 10.9. The first kappa shape index (κ1) is 25.2. The van der Waals surface area contributed by atoms with Crippen LogP contribution in [0, 0.1) is 0 Å². The molecule has 0 radical (unpaired) electrons. The number of carbonyl (C=O) groups is 1. The summed E-state index contributed by atoms with van der Waals surface area (Å²) in [4.78, 5) is 12.1. The lowest BCUT2D eigenvalue weighted by molar-refractivity contribution is -0.357. The number of rotatable bonds is 8. The van der Waals surface area contributed by atoms with Crippen molar-refractivity contribution in [3.05, 3.63) is 11.8 Å². The fourth-order valence-electron chi connectivity index (χ4n) is 4.52. The van der Waals surface area contributed by atoms with E-state index in [0.29, 0.717) is 37.5 Å². The van der Waals surface area contributed by atoms with Crippen LogP contribution in [-0.4, -0.2) is 59.8 Å². The molecular weight excluding hydrogens is 476 g/mol. The minimum absolute atomic E-state index is 0.00786. The number of hydrogen-bond donors (Lipinski definition) is 1. The number of ether oxygens (including phenoxy) is 3. The highest BCUT2D eigenvalue weighted by Gasteiger charge is 2.43. The summed E-state index contributed by atoms with van der Waals surface area (Å²) in [5.41, 5.74) is 0. The standard InChI is InChI=1S/C20H25F6N3O5/c21-19(22,23)33-14-5-11(6-14)18-29-28-17(32-18)10-1-3-12(4-2-10)27-16(30)9-31-13-7-15(8-13)34-20(24,25)26/h10-15H,1-9H2,(H,27,30)/t10?,11-,12?,13-,14+,15+. The van der Waals surface area contributed by atoms with Crippen LogP contribution in [0.15, 0.2) is 4.42 Å². The van der Waals surface area contributed by atoms with Crippen LogP contribution in [0.1, 0.15) is 75.0 Å². The molecule has 1 amide bonds. The van der Waals surface area contributed by atoms with E-state index < -0.39 is 31.0 Å². The van der Waals surface area contributed by atoms with Crippen molar-refractivity contribution in [3.8, 4) is 0 Å². The molecule has 0 spiro atoms. The average Bonchev–Trinajstić information content (AvgIpc) is 3.14. The molecule has 1 heterocycles. The molecule has 0 atom stereocenters. The Hall–Kier alpha value is -1.93. The summed E-state index contributed by atoms with van der Waals surface area (Å²) in [5.74, 6) is 0.209. The lowest BCUT2D eigenvalue weighted by Crippen LogP contribution is -2.44. The van der Waals surface area contributed by atoms with Crippen LogP contribution in [0.2, 0.25) is 0 Å². The molecule has 0 bridgehead atoms. The lowest BCUT2D eigenvalue weighted by atomic mass is 9.82. The highest BCUT2D eigenvalue weighted by atomic mass is 19.4. The van der Waals surface area contributed by atoms with E-state index in [1.54, 1.807) is 0 Å². The van der Waals surface area contributed by atoms with Gasteiger partial charge in [-0.05, 0) is 38.5 Å². The van der Waals surface area contributed by atoms with Crippen LogP contribution in [0.4, 0.5) is 26.3 Å². The molecule has 1 aromatic heterocycles. The number of aromatic nitrogens is 2. The Labute approximate surface area is 190 Å². The van der Waals surface area contributed by atoms with Gasteiger partial charge in [0.25, 0.3) is 0 Å². The van der Waals surface area contributed by atoms with Crippen molar-refractivity contribution in [2.75, 3.05) is 6.61 Å². The number of carbonyl (C=O) groups excluding carboxylic acids is 1.